The summed E-state index contributed by atoms with van der Waals surface area (Å²) < 4.78 is 10.4. The lowest BCUT2D eigenvalue weighted by atomic mass is 10.2. The average molecular weight is 344 g/mol. The van der Waals surface area contributed by atoms with Gasteiger partial charge in [0.1, 0.15) is 12.4 Å². The number of nitrogens with zero attached hydrogens (tertiary/aromatic N) is 1. The number of carbonyl (C=O) groups excluding carboxylic acids is 1. The topological polar surface area (TPSA) is 50.8 Å². The van der Waals surface area contributed by atoms with Crippen LogP contribution < -0.4 is 15.0 Å². The molecule has 0 saturated heterocycles. The van der Waals surface area contributed by atoms with Gasteiger partial charge < -0.3 is 14.4 Å². The average Bonchev–Trinajstić information content (AvgIpc) is 2.62. The number of hydrogen-bond acceptors (Lipinski definition) is 4. The van der Waals surface area contributed by atoms with Crippen molar-refractivity contribution in [3.8, 4) is 5.75 Å². The number of anilines is 1. The molecule has 0 fully saturated rings. The van der Waals surface area contributed by atoms with Crippen molar-refractivity contribution in [2.45, 2.75) is 0 Å². The van der Waals surface area contributed by atoms with E-state index >= 15 is 0 Å². The van der Waals surface area contributed by atoms with E-state index < -0.39 is 0 Å². The van der Waals surface area contributed by atoms with Gasteiger partial charge in [-0.3, -0.25) is 10.1 Å². The Hall–Kier alpha value is -2.44. The van der Waals surface area contributed by atoms with Gasteiger partial charge in [-0.05, 0) is 48.6 Å². The quantitative estimate of drug-likeness (QED) is 0.645. The summed E-state index contributed by atoms with van der Waals surface area (Å²) in [4.78, 5) is 14.0. The largest absolute Gasteiger partial charge is 0.491 e. The van der Waals surface area contributed by atoms with Crippen LogP contribution in [0.3, 0.4) is 0 Å². The molecule has 1 N–H and O–H groups in total. The molecule has 0 saturated carbocycles. The molecule has 1 amide bonds. The summed E-state index contributed by atoms with van der Waals surface area (Å²) in [5, 5.41) is 3.06. The standard InChI is InChI=1S/C18H20N2O3S/c1-20(15-6-4-3-5-7-15)18(24)19-17(21)14-8-10-16(11-9-14)23-13-12-22-2/h3-11H,12-13H2,1-2H3,(H,19,21,24). The van der Waals surface area contributed by atoms with Gasteiger partial charge in [-0.15, -0.1) is 0 Å². The molecule has 24 heavy (non-hydrogen) atoms. The minimum atomic E-state index is -0.258. The van der Waals surface area contributed by atoms with Crippen LogP contribution in [0.25, 0.3) is 0 Å². The Labute approximate surface area is 147 Å². The zero-order valence-corrected chi connectivity index (χ0v) is 14.5. The first kappa shape index (κ1) is 17.9. The first-order chi connectivity index (χ1) is 11.6. The number of amides is 1. The first-order valence-electron chi connectivity index (χ1n) is 7.47. The molecule has 0 atom stereocenters. The zero-order chi connectivity index (χ0) is 17.4. The molecule has 0 aromatic heterocycles. The molecule has 0 aliphatic heterocycles. The van der Waals surface area contributed by atoms with Crippen molar-refractivity contribution in [1.29, 1.82) is 0 Å². The highest BCUT2D eigenvalue weighted by Crippen LogP contribution is 2.13. The summed E-state index contributed by atoms with van der Waals surface area (Å²) in [5.74, 6) is 0.429. The van der Waals surface area contributed by atoms with Crippen LogP contribution in [0.2, 0.25) is 0 Å². The van der Waals surface area contributed by atoms with Gasteiger partial charge >= 0.3 is 0 Å². The first-order valence-corrected chi connectivity index (χ1v) is 7.88. The van der Waals surface area contributed by atoms with E-state index in [9.17, 15) is 4.79 Å². The molecule has 6 heteroatoms. The van der Waals surface area contributed by atoms with Crippen LogP contribution in [0.15, 0.2) is 54.6 Å². The van der Waals surface area contributed by atoms with Gasteiger partial charge in [0.2, 0.25) is 0 Å². The van der Waals surface area contributed by atoms with Gasteiger partial charge in [0.25, 0.3) is 5.91 Å². The van der Waals surface area contributed by atoms with E-state index in [0.29, 0.717) is 29.6 Å². The molecular formula is C18H20N2O3S. The lowest BCUT2D eigenvalue weighted by molar-refractivity contribution is 0.0977. The van der Waals surface area contributed by atoms with E-state index in [0.717, 1.165) is 5.69 Å². The maximum atomic E-state index is 12.3. The van der Waals surface area contributed by atoms with E-state index in [2.05, 4.69) is 5.32 Å². The van der Waals surface area contributed by atoms with Crippen molar-refractivity contribution in [2.24, 2.45) is 0 Å². The van der Waals surface area contributed by atoms with Gasteiger partial charge in [-0.1, -0.05) is 18.2 Å². The van der Waals surface area contributed by atoms with Gasteiger partial charge in [-0.25, -0.2) is 0 Å². The highest BCUT2D eigenvalue weighted by Gasteiger charge is 2.12. The Bertz CT molecular complexity index is 674. The molecule has 0 spiro atoms. The van der Waals surface area contributed by atoms with Crippen LogP contribution in [0, 0.1) is 0 Å². The van der Waals surface area contributed by atoms with E-state index in [1.807, 2.05) is 37.4 Å². The number of rotatable bonds is 6. The lowest BCUT2D eigenvalue weighted by Gasteiger charge is -2.20. The van der Waals surface area contributed by atoms with Crippen molar-refractivity contribution >= 4 is 28.9 Å². The molecule has 5 nitrogen and oxygen atoms in total. The van der Waals surface area contributed by atoms with Gasteiger partial charge in [0.05, 0.1) is 6.61 Å². The molecule has 2 aromatic carbocycles. The fraction of sp³-hybridized carbons (Fsp3) is 0.222. The van der Waals surface area contributed by atoms with Crippen LogP contribution in [0.4, 0.5) is 5.69 Å². The molecule has 0 aliphatic rings. The molecule has 0 unspecified atom stereocenters. The minimum absolute atomic E-state index is 0.258. The van der Waals surface area contributed by atoms with Crippen LogP contribution >= 0.6 is 12.2 Å². The molecule has 2 aromatic rings. The molecule has 126 valence electrons. The van der Waals surface area contributed by atoms with Crippen molar-refractivity contribution in [2.75, 3.05) is 32.3 Å². The fourth-order valence-corrected chi connectivity index (χ4v) is 2.17. The molecule has 2 rings (SSSR count). The summed E-state index contributed by atoms with van der Waals surface area (Å²) in [6.07, 6.45) is 0. The van der Waals surface area contributed by atoms with Crippen molar-refractivity contribution in [3.05, 3.63) is 60.2 Å². The molecule has 0 radical (unpaired) electrons. The van der Waals surface area contributed by atoms with Gasteiger partial charge in [-0.2, -0.15) is 0 Å². The SMILES string of the molecule is COCCOc1ccc(C(=O)NC(=S)N(C)c2ccccc2)cc1. The number of benzene rings is 2. The summed E-state index contributed by atoms with van der Waals surface area (Å²) in [6.45, 7) is 0.982. The monoisotopic (exact) mass is 344 g/mol. The molecular weight excluding hydrogens is 324 g/mol. The number of nitrogens with one attached hydrogen (secondary N) is 1. The summed E-state index contributed by atoms with van der Waals surface area (Å²) in [7, 11) is 3.43. The number of carbonyl (C=O) groups is 1. The number of methoxy groups -OCH3 is 1. The summed E-state index contributed by atoms with van der Waals surface area (Å²) >= 11 is 5.29. The van der Waals surface area contributed by atoms with Crippen molar-refractivity contribution in [1.82, 2.24) is 5.32 Å². The normalized spacial score (nSPS) is 10.1. The predicted molar refractivity (Wildman–Crippen MR) is 98.7 cm³/mol. The Kier molecular flexibility index (Phi) is 6.72. The lowest BCUT2D eigenvalue weighted by Crippen LogP contribution is -2.40. The van der Waals surface area contributed by atoms with E-state index in [-0.39, 0.29) is 5.91 Å². The second-order valence-corrected chi connectivity index (χ2v) is 5.41. The Balaban J connectivity index is 1.93. The number of thiocarbonyl (C=S) groups is 1. The number of para-hydroxylation sites is 1. The van der Waals surface area contributed by atoms with Crippen molar-refractivity contribution < 1.29 is 14.3 Å². The van der Waals surface area contributed by atoms with Crippen LogP contribution in [-0.4, -0.2) is 38.4 Å². The Morgan fingerprint density at radius 2 is 1.75 bits per heavy atom. The van der Waals surface area contributed by atoms with Gasteiger partial charge in [0.15, 0.2) is 5.11 Å². The second-order valence-electron chi connectivity index (χ2n) is 5.02. The number of ether oxygens (including phenoxy) is 2. The number of hydrogen-bond donors (Lipinski definition) is 1. The zero-order valence-electron chi connectivity index (χ0n) is 13.7. The van der Waals surface area contributed by atoms with Crippen LogP contribution in [-0.2, 0) is 4.74 Å². The van der Waals surface area contributed by atoms with E-state index in [1.54, 1.807) is 36.3 Å². The maximum absolute atomic E-state index is 12.3. The third-order valence-corrected chi connectivity index (χ3v) is 3.72. The molecule has 0 aliphatic carbocycles. The smallest absolute Gasteiger partial charge is 0.257 e. The second kappa shape index (κ2) is 9.00. The highest BCUT2D eigenvalue weighted by atomic mass is 32.1. The van der Waals surface area contributed by atoms with E-state index in [1.165, 1.54) is 0 Å². The maximum Gasteiger partial charge on any atom is 0.257 e. The minimum Gasteiger partial charge on any atom is -0.491 e. The van der Waals surface area contributed by atoms with Crippen LogP contribution in [0.5, 0.6) is 5.75 Å². The fourth-order valence-electron chi connectivity index (χ4n) is 1.97. The predicted octanol–water partition coefficient (Wildman–Crippen LogP) is 2.86. The van der Waals surface area contributed by atoms with Crippen LogP contribution in [0.1, 0.15) is 10.4 Å². The molecule has 0 bridgehead atoms. The summed E-state index contributed by atoms with van der Waals surface area (Å²) in [6, 6.07) is 16.5. The third-order valence-electron chi connectivity index (χ3n) is 3.34. The van der Waals surface area contributed by atoms with E-state index in [4.69, 9.17) is 21.7 Å². The highest BCUT2D eigenvalue weighted by molar-refractivity contribution is 7.80. The molecule has 0 heterocycles. The Morgan fingerprint density at radius 3 is 2.38 bits per heavy atom. The Morgan fingerprint density at radius 1 is 1.08 bits per heavy atom. The third kappa shape index (κ3) is 5.04. The van der Waals surface area contributed by atoms with Gasteiger partial charge in [0, 0.05) is 25.4 Å². The summed E-state index contributed by atoms with van der Waals surface area (Å²) in [5.41, 5.74) is 1.42. The van der Waals surface area contributed by atoms with Crippen molar-refractivity contribution in [3.63, 3.8) is 0 Å².